The molecule has 25 heavy (non-hydrogen) atoms. The number of hydrogen-bond acceptors (Lipinski definition) is 7. The maximum Gasteiger partial charge on any atom is 0.254 e. The molecule has 1 aromatic rings. The Kier molecular flexibility index (Phi) is 5.52. The molecule has 8 heteroatoms. The van der Waals surface area contributed by atoms with E-state index in [0.29, 0.717) is 43.6 Å². The number of nitrogens with one attached hydrogen (secondary N) is 3. The first-order valence-electron chi connectivity index (χ1n) is 8.21. The summed E-state index contributed by atoms with van der Waals surface area (Å²) in [5.74, 6) is 1.17. The van der Waals surface area contributed by atoms with Crippen molar-refractivity contribution in [3.8, 4) is 5.75 Å². The molecule has 1 aromatic carbocycles. The van der Waals surface area contributed by atoms with E-state index in [1.54, 1.807) is 24.1 Å². The first-order valence-corrected chi connectivity index (χ1v) is 8.21. The topological polar surface area (TPSA) is 87.2 Å². The number of anilines is 1. The summed E-state index contributed by atoms with van der Waals surface area (Å²) in [5, 5.41) is 9.30. The number of rotatable bonds is 4. The van der Waals surface area contributed by atoms with Gasteiger partial charge >= 0.3 is 0 Å². The second-order valence-electron chi connectivity index (χ2n) is 5.66. The summed E-state index contributed by atoms with van der Waals surface area (Å²) >= 11 is 0. The molecular weight excluding hydrogens is 322 g/mol. The number of benzene rings is 1. The van der Waals surface area contributed by atoms with Crippen LogP contribution in [0.15, 0.2) is 35.5 Å². The summed E-state index contributed by atoms with van der Waals surface area (Å²) in [7, 11) is 3.42. The van der Waals surface area contributed by atoms with E-state index in [4.69, 9.17) is 9.47 Å². The quantitative estimate of drug-likeness (QED) is 0.741. The fourth-order valence-corrected chi connectivity index (χ4v) is 2.67. The van der Waals surface area contributed by atoms with E-state index < -0.39 is 0 Å². The van der Waals surface area contributed by atoms with Crippen molar-refractivity contribution >= 4 is 17.6 Å². The standard InChI is InChI=1S/C17H23N5O3/c1-18-15-5-6-19-17(21-15)20-13-4-3-12(11-14(13)24-2)16(23)22-7-9-25-10-8-22/h3-6,11,15,18H,7-10H2,1-2H3,(H2,19,20,21). The molecule has 0 spiro atoms. The Morgan fingerprint density at radius 1 is 1.40 bits per heavy atom. The predicted molar refractivity (Wildman–Crippen MR) is 95.9 cm³/mol. The van der Waals surface area contributed by atoms with Gasteiger partial charge in [-0.1, -0.05) is 0 Å². The number of methoxy groups -OCH3 is 1. The molecule has 2 aliphatic heterocycles. The summed E-state index contributed by atoms with van der Waals surface area (Å²) in [6, 6.07) is 5.36. The fourth-order valence-electron chi connectivity index (χ4n) is 2.67. The van der Waals surface area contributed by atoms with Crippen molar-refractivity contribution < 1.29 is 14.3 Å². The first-order chi connectivity index (χ1) is 12.2. The number of carbonyl (C=O) groups is 1. The van der Waals surface area contributed by atoms with Crippen LogP contribution in [-0.4, -0.2) is 63.4 Å². The average molecular weight is 345 g/mol. The Hall–Kier alpha value is -2.58. The van der Waals surface area contributed by atoms with E-state index in [1.165, 1.54) is 0 Å². The van der Waals surface area contributed by atoms with Crippen molar-refractivity contribution in [2.45, 2.75) is 6.17 Å². The number of guanidine groups is 1. The van der Waals surface area contributed by atoms with Gasteiger partial charge in [0.05, 0.1) is 26.0 Å². The first kappa shape index (κ1) is 17.2. The molecule has 0 aromatic heterocycles. The van der Waals surface area contributed by atoms with Crippen molar-refractivity contribution in [2.24, 2.45) is 4.99 Å². The van der Waals surface area contributed by atoms with E-state index in [2.05, 4.69) is 20.9 Å². The Bertz CT molecular complexity index is 683. The van der Waals surface area contributed by atoms with Crippen LogP contribution >= 0.6 is 0 Å². The Balaban J connectivity index is 1.75. The van der Waals surface area contributed by atoms with E-state index in [0.717, 1.165) is 5.69 Å². The molecule has 0 radical (unpaired) electrons. The van der Waals surface area contributed by atoms with Crippen LogP contribution in [0.25, 0.3) is 0 Å². The number of hydrogen-bond donors (Lipinski definition) is 3. The fraction of sp³-hybridized carbons (Fsp3) is 0.412. The molecule has 8 nitrogen and oxygen atoms in total. The van der Waals surface area contributed by atoms with Gasteiger partial charge in [-0.2, -0.15) is 0 Å². The summed E-state index contributed by atoms with van der Waals surface area (Å²) in [6.45, 7) is 2.38. The minimum Gasteiger partial charge on any atom is -0.495 e. The number of morpholine rings is 1. The molecule has 1 atom stereocenters. The van der Waals surface area contributed by atoms with Gasteiger partial charge in [0, 0.05) is 24.9 Å². The Morgan fingerprint density at radius 3 is 2.92 bits per heavy atom. The number of ether oxygens (including phenoxy) is 2. The summed E-state index contributed by atoms with van der Waals surface area (Å²) < 4.78 is 10.7. The largest absolute Gasteiger partial charge is 0.495 e. The van der Waals surface area contributed by atoms with E-state index >= 15 is 0 Å². The molecule has 3 rings (SSSR count). The minimum absolute atomic E-state index is 0.0144. The molecule has 2 aliphatic rings. The average Bonchev–Trinajstić information content (AvgIpc) is 2.68. The van der Waals surface area contributed by atoms with Crippen molar-refractivity contribution in [3.63, 3.8) is 0 Å². The number of amides is 1. The van der Waals surface area contributed by atoms with Crippen LogP contribution < -0.4 is 20.7 Å². The van der Waals surface area contributed by atoms with Crippen LogP contribution in [0.5, 0.6) is 5.75 Å². The normalized spacial score (nSPS) is 19.8. The molecule has 1 amide bonds. The molecule has 1 saturated heterocycles. The van der Waals surface area contributed by atoms with Crippen molar-refractivity contribution in [1.29, 1.82) is 0 Å². The van der Waals surface area contributed by atoms with Gasteiger partial charge in [0.25, 0.3) is 5.91 Å². The lowest BCUT2D eigenvalue weighted by Crippen LogP contribution is -2.40. The Morgan fingerprint density at radius 2 is 2.20 bits per heavy atom. The molecule has 0 aliphatic carbocycles. The number of likely N-dealkylation sites (N-methyl/N-ethyl adjacent to an activating group) is 1. The zero-order chi connectivity index (χ0) is 17.6. The van der Waals surface area contributed by atoms with Crippen LogP contribution in [0.4, 0.5) is 5.69 Å². The smallest absolute Gasteiger partial charge is 0.254 e. The van der Waals surface area contributed by atoms with Gasteiger partial charge in [0.1, 0.15) is 11.9 Å². The third-order valence-electron chi connectivity index (χ3n) is 4.06. The van der Waals surface area contributed by atoms with Crippen LogP contribution in [0.1, 0.15) is 10.4 Å². The molecule has 0 bridgehead atoms. The highest BCUT2D eigenvalue weighted by Crippen LogP contribution is 2.26. The SMILES string of the molecule is CNC1C=CNC(Nc2ccc(C(=O)N3CCOCC3)cc2OC)=N1. The molecule has 2 heterocycles. The van der Waals surface area contributed by atoms with Gasteiger partial charge < -0.3 is 25.0 Å². The van der Waals surface area contributed by atoms with E-state index in [9.17, 15) is 4.79 Å². The number of nitrogens with zero attached hydrogens (tertiary/aromatic N) is 2. The van der Waals surface area contributed by atoms with Gasteiger partial charge in [-0.15, -0.1) is 0 Å². The molecule has 0 saturated carbocycles. The maximum absolute atomic E-state index is 12.6. The highest BCUT2D eigenvalue weighted by atomic mass is 16.5. The van der Waals surface area contributed by atoms with Crippen molar-refractivity contribution in [2.75, 3.05) is 45.8 Å². The lowest BCUT2D eigenvalue weighted by atomic mass is 10.1. The summed E-state index contributed by atoms with van der Waals surface area (Å²) in [5.41, 5.74) is 1.33. The van der Waals surface area contributed by atoms with Gasteiger partial charge in [-0.3, -0.25) is 10.1 Å². The molecule has 3 N–H and O–H groups in total. The van der Waals surface area contributed by atoms with Crippen LogP contribution in [0.2, 0.25) is 0 Å². The number of carbonyl (C=O) groups excluding carboxylic acids is 1. The van der Waals surface area contributed by atoms with E-state index in [1.807, 2.05) is 25.4 Å². The van der Waals surface area contributed by atoms with E-state index in [-0.39, 0.29) is 12.1 Å². The van der Waals surface area contributed by atoms with Crippen LogP contribution in [-0.2, 0) is 4.74 Å². The second kappa shape index (κ2) is 8.00. The molecule has 1 unspecified atom stereocenters. The highest BCUT2D eigenvalue weighted by molar-refractivity contribution is 5.99. The van der Waals surface area contributed by atoms with Gasteiger partial charge in [0.2, 0.25) is 5.96 Å². The monoisotopic (exact) mass is 345 g/mol. The maximum atomic E-state index is 12.6. The molecule has 134 valence electrons. The minimum atomic E-state index is -0.0862. The Labute approximate surface area is 146 Å². The van der Waals surface area contributed by atoms with Crippen molar-refractivity contribution in [1.82, 2.24) is 15.5 Å². The zero-order valence-electron chi connectivity index (χ0n) is 14.4. The van der Waals surface area contributed by atoms with Crippen LogP contribution in [0, 0.1) is 0 Å². The molecular formula is C17H23N5O3. The van der Waals surface area contributed by atoms with Gasteiger partial charge in [0.15, 0.2) is 0 Å². The summed E-state index contributed by atoms with van der Waals surface area (Å²) in [4.78, 5) is 18.8. The van der Waals surface area contributed by atoms with Gasteiger partial charge in [-0.25, -0.2) is 4.99 Å². The van der Waals surface area contributed by atoms with Crippen LogP contribution in [0.3, 0.4) is 0 Å². The van der Waals surface area contributed by atoms with Crippen molar-refractivity contribution in [3.05, 3.63) is 36.0 Å². The molecule has 1 fully saturated rings. The predicted octanol–water partition coefficient (Wildman–Crippen LogP) is 0.598. The lowest BCUT2D eigenvalue weighted by Gasteiger charge is -2.27. The number of aliphatic imine (C=N–C) groups is 1. The summed E-state index contributed by atoms with van der Waals surface area (Å²) in [6.07, 6.45) is 3.64. The second-order valence-corrected chi connectivity index (χ2v) is 5.66. The third-order valence-corrected chi connectivity index (χ3v) is 4.06. The zero-order valence-corrected chi connectivity index (χ0v) is 14.4. The van der Waals surface area contributed by atoms with Gasteiger partial charge in [-0.05, 0) is 31.3 Å². The highest BCUT2D eigenvalue weighted by Gasteiger charge is 2.20. The third kappa shape index (κ3) is 4.09. The lowest BCUT2D eigenvalue weighted by molar-refractivity contribution is 0.0302.